The highest BCUT2D eigenvalue weighted by Crippen LogP contribution is 2.54. The minimum atomic E-state index is -0.796. The molecule has 1 unspecified atom stereocenters. The van der Waals surface area contributed by atoms with Gasteiger partial charge in [0.05, 0.1) is 5.54 Å². The molecule has 1 spiro atoms. The predicted octanol–water partition coefficient (Wildman–Crippen LogP) is 3.89. The molecule has 2 fully saturated rings. The fourth-order valence-electron chi connectivity index (χ4n) is 6.36. The van der Waals surface area contributed by atoms with Gasteiger partial charge in [0.2, 0.25) is 5.43 Å². The van der Waals surface area contributed by atoms with E-state index in [9.17, 15) is 23.2 Å². The number of carbonyl (C=O) groups is 2. The lowest BCUT2D eigenvalue weighted by molar-refractivity contribution is 0.0334. The second kappa shape index (κ2) is 9.08. The van der Waals surface area contributed by atoms with Crippen LogP contribution in [0.25, 0.3) is 0 Å². The van der Waals surface area contributed by atoms with Gasteiger partial charge in [0.25, 0.3) is 11.8 Å². The number of hydrogen-bond donors (Lipinski definition) is 1. The smallest absolute Gasteiger partial charge is 0.275 e. The minimum absolute atomic E-state index is 0.0480. The quantitative estimate of drug-likeness (QED) is 0.536. The monoisotopic (exact) mass is 519 g/mol. The van der Waals surface area contributed by atoms with E-state index in [4.69, 9.17) is 4.74 Å². The van der Waals surface area contributed by atoms with Gasteiger partial charge in [-0.2, -0.15) is 0 Å². The summed E-state index contributed by atoms with van der Waals surface area (Å²) in [4.78, 5) is 42.5. The number of ether oxygens (including phenoxy) is 1. The van der Waals surface area contributed by atoms with Crippen LogP contribution in [0.1, 0.15) is 51.7 Å². The maximum atomic E-state index is 14.1. The van der Waals surface area contributed by atoms with Crippen molar-refractivity contribution in [1.82, 2.24) is 14.8 Å². The first kappa shape index (κ1) is 24.3. The van der Waals surface area contributed by atoms with Crippen molar-refractivity contribution in [3.63, 3.8) is 0 Å². The molecule has 9 heteroatoms. The Morgan fingerprint density at radius 3 is 2.68 bits per heavy atom. The zero-order chi connectivity index (χ0) is 26.6. The Morgan fingerprint density at radius 1 is 1.16 bits per heavy atom. The molecule has 2 aromatic carbocycles. The maximum absolute atomic E-state index is 14.1. The van der Waals surface area contributed by atoms with Crippen molar-refractivity contribution in [3.8, 4) is 5.75 Å². The molecular formula is C29H27F2N3O4. The third-order valence-electron chi connectivity index (χ3n) is 8.51. The number of rotatable bonds is 6. The van der Waals surface area contributed by atoms with Gasteiger partial charge in [0.1, 0.15) is 23.8 Å². The second-order valence-electron chi connectivity index (χ2n) is 10.5. The Morgan fingerprint density at radius 2 is 1.95 bits per heavy atom. The van der Waals surface area contributed by atoms with E-state index in [1.807, 2.05) is 35.2 Å². The molecule has 2 aliphatic heterocycles. The summed E-state index contributed by atoms with van der Waals surface area (Å²) in [5.74, 6) is -1.96. The van der Waals surface area contributed by atoms with Crippen LogP contribution >= 0.6 is 0 Å². The van der Waals surface area contributed by atoms with Crippen LogP contribution in [0.5, 0.6) is 5.75 Å². The Balaban J connectivity index is 1.38. The zero-order valence-electron chi connectivity index (χ0n) is 20.9. The molecule has 2 amide bonds. The molecular weight excluding hydrogens is 492 g/mol. The zero-order valence-corrected chi connectivity index (χ0v) is 20.9. The lowest BCUT2D eigenvalue weighted by atomic mass is 9.86. The number of aromatic nitrogens is 1. The summed E-state index contributed by atoms with van der Waals surface area (Å²) in [5, 5.41) is 2.56. The number of amides is 2. The first-order valence-electron chi connectivity index (χ1n) is 12.8. The van der Waals surface area contributed by atoms with E-state index in [1.165, 1.54) is 12.3 Å². The van der Waals surface area contributed by atoms with Crippen molar-refractivity contribution < 1.29 is 23.1 Å². The molecule has 1 aliphatic carbocycles. The van der Waals surface area contributed by atoms with Gasteiger partial charge in [-0.1, -0.05) is 43.3 Å². The third-order valence-corrected chi connectivity index (χ3v) is 8.51. The number of hydrogen-bond acceptors (Lipinski definition) is 4. The molecule has 3 heterocycles. The molecule has 1 saturated heterocycles. The molecule has 6 rings (SSSR count). The average molecular weight is 520 g/mol. The molecule has 1 aromatic heterocycles. The highest BCUT2D eigenvalue weighted by atomic mass is 19.1. The van der Waals surface area contributed by atoms with Crippen molar-refractivity contribution in [1.29, 1.82) is 0 Å². The second-order valence-corrected chi connectivity index (χ2v) is 10.5. The summed E-state index contributed by atoms with van der Waals surface area (Å²) in [6.07, 6.45) is 3.32. The molecule has 3 aliphatic rings. The molecule has 1 saturated carbocycles. The van der Waals surface area contributed by atoms with Gasteiger partial charge in [-0.15, -0.1) is 0 Å². The number of halogens is 2. The SMILES string of the molecule is C[C@@H]1C2CC[C@@]13Cn1cc(C(=O)NCc4ccc(F)cc4F)c(=O)c(OCc4ccccc4)c1C(=O)N3C2. The van der Waals surface area contributed by atoms with Crippen molar-refractivity contribution in [3.05, 3.63) is 99.0 Å². The summed E-state index contributed by atoms with van der Waals surface area (Å²) in [6.45, 7) is 3.09. The van der Waals surface area contributed by atoms with Gasteiger partial charge >= 0.3 is 0 Å². The average Bonchev–Trinajstić information content (AvgIpc) is 3.36. The highest BCUT2D eigenvalue weighted by Gasteiger charge is 2.60. The first-order chi connectivity index (χ1) is 18.3. The number of carbonyl (C=O) groups excluding carboxylic acids is 2. The molecule has 7 nitrogen and oxygen atoms in total. The summed E-state index contributed by atoms with van der Waals surface area (Å²) < 4.78 is 35.0. The Hall–Kier alpha value is -4.01. The standard InChI is InChI=1S/C29H27F2N3O4/c1-17-20-9-10-29(17)16-33-14-22(27(36)32-12-19-7-8-21(30)11-23(19)31)25(35)26(24(33)28(37)34(29)13-20)38-15-18-5-3-2-4-6-18/h2-8,11,14,17,20H,9-10,12-13,15-16H2,1H3,(H,32,36)/t17-,20?,29-/m1/s1. The van der Waals surface area contributed by atoms with E-state index in [1.54, 1.807) is 4.57 Å². The highest BCUT2D eigenvalue weighted by molar-refractivity contribution is 5.99. The number of pyridine rings is 1. The van der Waals surface area contributed by atoms with Crippen molar-refractivity contribution in [2.45, 2.75) is 45.0 Å². The first-order valence-corrected chi connectivity index (χ1v) is 12.8. The van der Waals surface area contributed by atoms with Gasteiger partial charge in [0, 0.05) is 37.5 Å². The molecule has 2 bridgehead atoms. The lowest BCUT2D eigenvalue weighted by Crippen LogP contribution is -2.57. The van der Waals surface area contributed by atoms with Gasteiger partial charge in [-0.25, -0.2) is 8.78 Å². The van der Waals surface area contributed by atoms with Crippen LogP contribution < -0.4 is 15.5 Å². The van der Waals surface area contributed by atoms with Crippen molar-refractivity contribution in [2.24, 2.45) is 11.8 Å². The fraction of sp³-hybridized carbons (Fsp3) is 0.345. The van der Waals surface area contributed by atoms with Crippen LogP contribution in [0, 0.1) is 23.5 Å². The molecule has 3 atom stereocenters. The van der Waals surface area contributed by atoms with E-state index >= 15 is 0 Å². The number of piperidine rings is 1. The number of fused-ring (bicyclic) bond motifs is 2. The van der Waals surface area contributed by atoms with Crippen molar-refractivity contribution >= 4 is 11.8 Å². The normalized spacial score (nSPS) is 23.2. The largest absolute Gasteiger partial charge is 0.483 e. The number of nitrogens with zero attached hydrogens (tertiary/aromatic N) is 2. The minimum Gasteiger partial charge on any atom is -0.483 e. The Labute approximate surface area is 218 Å². The Bertz CT molecular complexity index is 1510. The maximum Gasteiger partial charge on any atom is 0.275 e. The molecule has 38 heavy (non-hydrogen) atoms. The third kappa shape index (κ3) is 3.79. The van der Waals surface area contributed by atoms with Crippen LogP contribution in [-0.4, -0.2) is 33.4 Å². The molecule has 1 N–H and O–H groups in total. The van der Waals surface area contributed by atoms with Crippen LogP contribution in [0.3, 0.4) is 0 Å². The summed E-state index contributed by atoms with van der Waals surface area (Å²) in [5.41, 5.74) is -0.216. The van der Waals surface area contributed by atoms with E-state index < -0.39 is 23.0 Å². The van der Waals surface area contributed by atoms with E-state index in [-0.39, 0.29) is 47.2 Å². The fourth-order valence-corrected chi connectivity index (χ4v) is 6.36. The molecule has 0 radical (unpaired) electrons. The van der Waals surface area contributed by atoms with Crippen molar-refractivity contribution in [2.75, 3.05) is 6.54 Å². The molecule has 3 aromatic rings. The van der Waals surface area contributed by atoms with Gasteiger partial charge in [0.15, 0.2) is 11.4 Å². The number of nitrogens with one attached hydrogen (secondary N) is 1. The predicted molar refractivity (Wildman–Crippen MR) is 135 cm³/mol. The van der Waals surface area contributed by atoms with Crippen LogP contribution in [0.2, 0.25) is 0 Å². The van der Waals surface area contributed by atoms with Crippen LogP contribution in [-0.2, 0) is 19.7 Å². The summed E-state index contributed by atoms with van der Waals surface area (Å²) >= 11 is 0. The lowest BCUT2D eigenvalue weighted by Gasteiger charge is -2.45. The van der Waals surface area contributed by atoms with E-state index in [0.717, 1.165) is 30.5 Å². The van der Waals surface area contributed by atoms with E-state index in [2.05, 4.69) is 12.2 Å². The summed E-state index contributed by atoms with van der Waals surface area (Å²) in [6, 6.07) is 12.3. The number of benzene rings is 2. The van der Waals surface area contributed by atoms with Gasteiger partial charge in [-0.05, 0) is 36.3 Å². The van der Waals surface area contributed by atoms with Gasteiger partial charge in [-0.3, -0.25) is 14.4 Å². The molecule has 196 valence electrons. The topological polar surface area (TPSA) is 80.6 Å². The summed E-state index contributed by atoms with van der Waals surface area (Å²) in [7, 11) is 0. The van der Waals surface area contributed by atoms with E-state index in [0.29, 0.717) is 24.9 Å². The Kier molecular flexibility index (Phi) is 5.81. The van der Waals surface area contributed by atoms with Crippen LogP contribution in [0.15, 0.2) is 59.5 Å². The van der Waals surface area contributed by atoms with Crippen LogP contribution in [0.4, 0.5) is 8.78 Å². The van der Waals surface area contributed by atoms with Gasteiger partial charge < -0.3 is 19.5 Å².